The van der Waals surface area contributed by atoms with Crippen molar-refractivity contribution in [3.63, 3.8) is 0 Å². The summed E-state index contributed by atoms with van der Waals surface area (Å²) in [6.45, 7) is 6.60. The van der Waals surface area contributed by atoms with Crippen LogP contribution in [0.4, 0.5) is 0 Å². The average Bonchev–Trinajstić information content (AvgIpc) is 1.86. The normalized spacial score (nSPS) is 31.7. The summed E-state index contributed by atoms with van der Waals surface area (Å²) in [5.74, 6) is 0.399. The summed E-state index contributed by atoms with van der Waals surface area (Å²) in [5, 5.41) is 4.26. The first-order valence-corrected chi connectivity index (χ1v) is 4.73. The zero-order valence-corrected chi connectivity index (χ0v) is 7.99. The Morgan fingerprint density at radius 1 is 1.82 bits per heavy atom. The van der Waals surface area contributed by atoms with E-state index < -0.39 is 5.85 Å². The predicted molar refractivity (Wildman–Crippen MR) is 48.7 cm³/mol. The minimum Gasteiger partial charge on any atom is -0.342 e. The van der Waals surface area contributed by atoms with Gasteiger partial charge < -0.3 is 4.74 Å². The van der Waals surface area contributed by atoms with Crippen LogP contribution in [0.3, 0.4) is 0 Å². The van der Waals surface area contributed by atoms with E-state index in [2.05, 4.69) is 10.3 Å². The lowest BCUT2D eigenvalue weighted by molar-refractivity contribution is -0.0403. The van der Waals surface area contributed by atoms with E-state index in [9.17, 15) is 0 Å². The third-order valence-corrected chi connectivity index (χ3v) is 2.28. The van der Waals surface area contributed by atoms with E-state index in [0.717, 1.165) is 10.9 Å². The standard InChI is InChI=1S/C7H14N2OS/c1-4-10-7(3)8-5-11-6(2)9-7/h8H,4-5H2,1-3H3. The van der Waals surface area contributed by atoms with Gasteiger partial charge in [-0.3, -0.25) is 5.32 Å². The summed E-state index contributed by atoms with van der Waals surface area (Å²) in [5.41, 5.74) is 0. The molecule has 1 atom stereocenters. The highest BCUT2D eigenvalue weighted by atomic mass is 32.2. The SMILES string of the molecule is CCOC1(C)N=C(C)SCN1. The molecule has 1 N–H and O–H groups in total. The molecule has 0 spiro atoms. The molecule has 1 heterocycles. The highest BCUT2D eigenvalue weighted by Crippen LogP contribution is 2.18. The molecule has 4 heteroatoms. The van der Waals surface area contributed by atoms with Gasteiger partial charge in [0.25, 0.3) is 0 Å². The second-order valence-electron chi connectivity index (χ2n) is 2.51. The summed E-state index contributed by atoms with van der Waals surface area (Å²) in [6.07, 6.45) is 0. The fraction of sp³-hybridized carbons (Fsp3) is 0.857. The van der Waals surface area contributed by atoms with Gasteiger partial charge in [0.15, 0.2) is 0 Å². The van der Waals surface area contributed by atoms with E-state index in [1.165, 1.54) is 0 Å². The van der Waals surface area contributed by atoms with Gasteiger partial charge in [-0.15, -0.1) is 0 Å². The molecule has 0 amide bonds. The molecule has 11 heavy (non-hydrogen) atoms. The van der Waals surface area contributed by atoms with Crippen LogP contribution in [0.15, 0.2) is 4.99 Å². The van der Waals surface area contributed by atoms with Crippen LogP contribution < -0.4 is 5.32 Å². The van der Waals surface area contributed by atoms with Crippen molar-refractivity contribution in [2.75, 3.05) is 12.5 Å². The summed E-state index contributed by atoms with van der Waals surface area (Å²) < 4.78 is 5.43. The van der Waals surface area contributed by atoms with Gasteiger partial charge in [0.05, 0.1) is 10.9 Å². The van der Waals surface area contributed by atoms with Crippen LogP contribution in [-0.2, 0) is 4.74 Å². The first-order chi connectivity index (χ1) is 5.16. The molecule has 0 radical (unpaired) electrons. The molecule has 1 aliphatic rings. The van der Waals surface area contributed by atoms with Crippen LogP contribution in [0.2, 0.25) is 0 Å². The van der Waals surface area contributed by atoms with Gasteiger partial charge in [-0.1, -0.05) is 11.8 Å². The van der Waals surface area contributed by atoms with Crippen LogP contribution in [0, 0.1) is 0 Å². The van der Waals surface area contributed by atoms with Crippen molar-refractivity contribution in [1.82, 2.24) is 5.32 Å². The number of hydrogen-bond acceptors (Lipinski definition) is 4. The maximum Gasteiger partial charge on any atom is 0.213 e. The number of ether oxygens (including phenoxy) is 1. The highest BCUT2D eigenvalue weighted by molar-refractivity contribution is 8.13. The molecule has 0 aliphatic carbocycles. The summed E-state index contributed by atoms with van der Waals surface area (Å²) in [4.78, 5) is 4.35. The van der Waals surface area contributed by atoms with Gasteiger partial charge in [0, 0.05) is 13.5 Å². The van der Waals surface area contributed by atoms with Gasteiger partial charge in [0.2, 0.25) is 5.85 Å². The molecule has 1 aliphatic heterocycles. The smallest absolute Gasteiger partial charge is 0.213 e. The molecule has 0 aromatic heterocycles. The number of nitrogens with one attached hydrogen (secondary N) is 1. The Kier molecular flexibility index (Phi) is 2.92. The van der Waals surface area contributed by atoms with Crippen molar-refractivity contribution < 1.29 is 4.74 Å². The molecular formula is C7H14N2OS. The molecule has 0 aromatic carbocycles. The fourth-order valence-corrected chi connectivity index (χ4v) is 1.80. The van der Waals surface area contributed by atoms with E-state index >= 15 is 0 Å². The largest absolute Gasteiger partial charge is 0.342 e. The van der Waals surface area contributed by atoms with Crippen LogP contribution in [0.5, 0.6) is 0 Å². The minimum atomic E-state index is -0.482. The maximum atomic E-state index is 5.43. The second-order valence-corrected chi connectivity index (χ2v) is 3.68. The number of thioether (sulfide) groups is 1. The molecule has 0 bridgehead atoms. The van der Waals surface area contributed by atoms with Gasteiger partial charge in [-0.2, -0.15) is 0 Å². The molecule has 0 saturated heterocycles. The lowest BCUT2D eigenvalue weighted by Gasteiger charge is -2.30. The second kappa shape index (κ2) is 3.56. The number of rotatable bonds is 2. The predicted octanol–water partition coefficient (Wildman–Crippen LogP) is 1.41. The minimum absolute atomic E-state index is 0.482. The summed E-state index contributed by atoms with van der Waals surface area (Å²) in [7, 11) is 0. The Hall–Kier alpha value is -0.0600. The van der Waals surface area contributed by atoms with Crippen LogP contribution in [0.25, 0.3) is 0 Å². The maximum absolute atomic E-state index is 5.43. The molecule has 0 aromatic rings. The van der Waals surface area contributed by atoms with E-state index in [4.69, 9.17) is 4.74 Å². The quantitative estimate of drug-likeness (QED) is 0.687. The topological polar surface area (TPSA) is 33.6 Å². The van der Waals surface area contributed by atoms with Crippen molar-refractivity contribution in [2.45, 2.75) is 26.6 Å². The lowest BCUT2D eigenvalue weighted by Crippen LogP contribution is -2.46. The molecule has 64 valence electrons. The highest BCUT2D eigenvalue weighted by Gasteiger charge is 2.25. The third kappa shape index (κ3) is 2.47. The molecule has 3 nitrogen and oxygen atoms in total. The van der Waals surface area contributed by atoms with Crippen molar-refractivity contribution in [2.24, 2.45) is 4.99 Å². The number of aliphatic imine (C=N–C) groups is 1. The zero-order valence-electron chi connectivity index (χ0n) is 7.18. The van der Waals surface area contributed by atoms with Crippen molar-refractivity contribution in [3.05, 3.63) is 0 Å². The Morgan fingerprint density at radius 2 is 2.55 bits per heavy atom. The van der Waals surface area contributed by atoms with Crippen LogP contribution in [0.1, 0.15) is 20.8 Å². The van der Waals surface area contributed by atoms with E-state index in [1.807, 2.05) is 20.8 Å². The van der Waals surface area contributed by atoms with Crippen molar-refractivity contribution >= 4 is 16.8 Å². The number of nitrogens with zero attached hydrogens (tertiary/aromatic N) is 1. The Balaban J connectivity index is 2.61. The summed E-state index contributed by atoms with van der Waals surface area (Å²) >= 11 is 1.71. The molecule has 0 saturated carbocycles. The molecular weight excluding hydrogens is 160 g/mol. The average molecular weight is 174 g/mol. The molecule has 1 unspecified atom stereocenters. The van der Waals surface area contributed by atoms with Gasteiger partial charge in [-0.05, 0) is 13.8 Å². The Labute approximate surface area is 71.6 Å². The van der Waals surface area contributed by atoms with Crippen LogP contribution in [-0.4, -0.2) is 23.4 Å². The Bertz CT molecular complexity index is 172. The zero-order chi connectivity index (χ0) is 8.32. The van der Waals surface area contributed by atoms with Gasteiger partial charge in [0.1, 0.15) is 0 Å². The Morgan fingerprint density at radius 3 is 3.09 bits per heavy atom. The van der Waals surface area contributed by atoms with Crippen LogP contribution >= 0.6 is 11.8 Å². The fourth-order valence-electron chi connectivity index (χ4n) is 1.01. The monoisotopic (exact) mass is 174 g/mol. The molecule has 0 fully saturated rings. The third-order valence-electron chi connectivity index (χ3n) is 1.48. The first-order valence-electron chi connectivity index (χ1n) is 3.74. The summed E-state index contributed by atoms with van der Waals surface area (Å²) in [6, 6.07) is 0. The van der Waals surface area contributed by atoms with Crippen molar-refractivity contribution in [1.29, 1.82) is 0 Å². The van der Waals surface area contributed by atoms with Gasteiger partial charge >= 0.3 is 0 Å². The van der Waals surface area contributed by atoms with E-state index in [-0.39, 0.29) is 0 Å². The molecule has 1 rings (SSSR count). The van der Waals surface area contributed by atoms with E-state index in [1.54, 1.807) is 11.8 Å². The first kappa shape index (κ1) is 9.03. The lowest BCUT2D eigenvalue weighted by atomic mass is 10.5. The van der Waals surface area contributed by atoms with Gasteiger partial charge in [-0.25, -0.2) is 4.99 Å². The van der Waals surface area contributed by atoms with E-state index in [0.29, 0.717) is 6.61 Å². The number of hydrogen-bond donors (Lipinski definition) is 1. The van der Waals surface area contributed by atoms with Crippen molar-refractivity contribution in [3.8, 4) is 0 Å².